The first-order valence-corrected chi connectivity index (χ1v) is 2.68. The summed E-state index contributed by atoms with van der Waals surface area (Å²) in [5.74, 6) is -1.53. The topological polar surface area (TPSA) is 70.3 Å². The molecule has 0 unspecified atom stereocenters. The second-order valence-corrected chi connectivity index (χ2v) is 1.38. The van der Waals surface area contributed by atoms with Gasteiger partial charge in [-0.05, 0) is 6.92 Å². The zero-order chi connectivity index (χ0) is 7.98. The number of hydrogen-bond acceptors (Lipinski definition) is 4. The maximum absolute atomic E-state index is 10.4. The number of allylic oxidation sites excluding steroid dienone is 1. The van der Waals surface area contributed by atoms with E-state index in [4.69, 9.17) is 10.4 Å². The third kappa shape index (κ3) is 5.92. The van der Waals surface area contributed by atoms with E-state index in [0.717, 1.165) is 6.08 Å². The van der Waals surface area contributed by atoms with E-state index in [9.17, 15) is 4.79 Å². The Bertz CT molecular complexity index is 194. The Balaban J connectivity index is 0. The standard InChI is InChI=1S/C6H7NO3.Na.H/c1-2-10-6(9)5(8)3-4-7;;/h3,8H,2H2,1H3;;/b5-3+;;. The van der Waals surface area contributed by atoms with Gasteiger partial charge in [-0.2, -0.15) is 5.26 Å². The van der Waals surface area contributed by atoms with Crippen LogP contribution in [0, 0.1) is 11.3 Å². The van der Waals surface area contributed by atoms with Gasteiger partial charge in [0.2, 0.25) is 5.76 Å². The molecule has 0 aliphatic heterocycles. The molecule has 0 amide bonds. The molecule has 0 fully saturated rings. The molecule has 0 aliphatic carbocycles. The molecule has 56 valence electrons. The van der Waals surface area contributed by atoms with Crippen LogP contribution in [-0.4, -0.2) is 47.2 Å². The summed E-state index contributed by atoms with van der Waals surface area (Å²) in [6.45, 7) is 1.79. The molecule has 5 heteroatoms. The van der Waals surface area contributed by atoms with Crippen LogP contribution in [0.5, 0.6) is 0 Å². The summed E-state index contributed by atoms with van der Waals surface area (Å²) in [5, 5.41) is 16.6. The van der Waals surface area contributed by atoms with E-state index in [0.29, 0.717) is 0 Å². The van der Waals surface area contributed by atoms with Gasteiger partial charge in [-0.1, -0.05) is 0 Å². The number of nitriles is 1. The van der Waals surface area contributed by atoms with Gasteiger partial charge in [-0.3, -0.25) is 0 Å². The number of aliphatic hydroxyl groups is 1. The van der Waals surface area contributed by atoms with Gasteiger partial charge < -0.3 is 9.84 Å². The zero-order valence-electron chi connectivity index (χ0n) is 5.50. The first-order valence-electron chi connectivity index (χ1n) is 2.68. The molecular weight excluding hydrogens is 157 g/mol. The summed E-state index contributed by atoms with van der Waals surface area (Å²) in [7, 11) is 0. The summed E-state index contributed by atoms with van der Waals surface area (Å²) in [5.41, 5.74) is 0. The van der Waals surface area contributed by atoms with Crippen LogP contribution in [0.1, 0.15) is 6.92 Å². The van der Waals surface area contributed by atoms with Crippen molar-refractivity contribution in [2.24, 2.45) is 0 Å². The molecule has 4 nitrogen and oxygen atoms in total. The molecule has 0 atom stereocenters. The third-order valence-electron chi connectivity index (χ3n) is 0.686. The first-order chi connectivity index (χ1) is 4.72. The number of esters is 1. The molecule has 0 aromatic rings. The van der Waals surface area contributed by atoms with Crippen molar-refractivity contribution in [1.29, 1.82) is 5.26 Å². The molecule has 0 aromatic carbocycles. The molecule has 0 bridgehead atoms. The number of ether oxygens (including phenoxy) is 1. The second-order valence-electron chi connectivity index (χ2n) is 1.38. The zero-order valence-corrected chi connectivity index (χ0v) is 5.50. The predicted molar refractivity (Wildman–Crippen MR) is 40.1 cm³/mol. The van der Waals surface area contributed by atoms with Gasteiger partial charge in [0.1, 0.15) is 0 Å². The Morgan fingerprint density at radius 3 is 2.73 bits per heavy atom. The van der Waals surface area contributed by atoms with Crippen molar-refractivity contribution in [3.8, 4) is 6.07 Å². The summed E-state index contributed by atoms with van der Waals surface area (Å²) in [6, 6.07) is 1.49. The van der Waals surface area contributed by atoms with Crippen molar-refractivity contribution in [2.75, 3.05) is 6.61 Å². The van der Waals surface area contributed by atoms with Crippen molar-refractivity contribution in [3.63, 3.8) is 0 Å². The van der Waals surface area contributed by atoms with E-state index < -0.39 is 11.7 Å². The van der Waals surface area contributed by atoms with E-state index in [1.165, 1.54) is 6.07 Å². The Kier molecular flexibility index (Phi) is 9.07. The number of nitrogens with zero attached hydrogens (tertiary/aromatic N) is 1. The molecule has 0 aliphatic rings. The number of hydrogen-bond donors (Lipinski definition) is 1. The van der Waals surface area contributed by atoms with E-state index in [-0.39, 0.29) is 36.2 Å². The number of carbonyl (C=O) groups is 1. The molecule has 0 saturated heterocycles. The number of aliphatic hydroxyl groups excluding tert-OH is 1. The van der Waals surface area contributed by atoms with Crippen molar-refractivity contribution >= 4 is 35.5 Å². The molecule has 0 rings (SSSR count). The van der Waals surface area contributed by atoms with Crippen molar-refractivity contribution in [3.05, 3.63) is 11.8 Å². The quantitative estimate of drug-likeness (QED) is 0.203. The number of rotatable bonds is 2. The van der Waals surface area contributed by atoms with Gasteiger partial charge >= 0.3 is 35.5 Å². The van der Waals surface area contributed by atoms with Gasteiger partial charge in [0, 0.05) is 0 Å². The molecular formula is C6H8NNaO3. The fourth-order valence-corrected chi connectivity index (χ4v) is 0.325. The summed E-state index contributed by atoms with van der Waals surface area (Å²) >= 11 is 0. The van der Waals surface area contributed by atoms with Crippen LogP contribution in [0.2, 0.25) is 0 Å². The van der Waals surface area contributed by atoms with E-state index in [1.54, 1.807) is 6.92 Å². The van der Waals surface area contributed by atoms with Crippen LogP contribution < -0.4 is 0 Å². The molecule has 0 heterocycles. The van der Waals surface area contributed by atoms with Crippen LogP contribution in [-0.2, 0) is 9.53 Å². The average molecular weight is 165 g/mol. The van der Waals surface area contributed by atoms with Crippen LogP contribution in [0.4, 0.5) is 0 Å². The van der Waals surface area contributed by atoms with Gasteiger partial charge in [-0.25, -0.2) is 4.79 Å². The first kappa shape index (κ1) is 13.1. The van der Waals surface area contributed by atoms with Crippen LogP contribution in [0.3, 0.4) is 0 Å². The normalized spacial score (nSPS) is 9.27. The van der Waals surface area contributed by atoms with Crippen molar-refractivity contribution in [2.45, 2.75) is 6.92 Å². The van der Waals surface area contributed by atoms with Gasteiger partial charge in [0.05, 0.1) is 18.8 Å². The SMILES string of the molecule is CCOC(=O)/C(O)=C\C#N.[NaH]. The molecule has 0 aromatic heterocycles. The van der Waals surface area contributed by atoms with Crippen molar-refractivity contribution < 1.29 is 14.6 Å². The minimum absolute atomic E-state index is 0. The van der Waals surface area contributed by atoms with Crippen LogP contribution in [0.15, 0.2) is 11.8 Å². The van der Waals surface area contributed by atoms with E-state index in [1.807, 2.05) is 0 Å². The molecule has 0 saturated carbocycles. The monoisotopic (exact) mass is 165 g/mol. The van der Waals surface area contributed by atoms with Crippen LogP contribution in [0.25, 0.3) is 0 Å². The minimum atomic E-state index is -0.871. The summed E-state index contributed by atoms with van der Waals surface area (Å²) in [6.07, 6.45) is 0.720. The van der Waals surface area contributed by atoms with E-state index in [2.05, 4.69) is 4.74 Å². The second kappa shape index (κ2) is 7.61. The van der Waals surface area contributed by atoms with Gasteiger partial charge in [-0.15, -0.1) is 0 Å². The maximum atomic E-state index is 10.4. The average Bonchev–Trinajstić information content (AvgIpc) is 1.89. The van der Waals surface area contributed by atoms with Gasteiger partial charge in [0.15, 0.2) is 0 Å². The fourth-order valence-electron chi connectivity index (χ4n) is 0.325. The Morgan fingerprint density at radius 2 is 2.36 bits per heavy atom. The fraction of sp³-hybridized carbons (Fsp3) is 0.333. The number of carbonyl (C=O) groups excluding carboxylic acids is 1. The Hall–Kier alpha value is -0.500. The molecule has 11 heavy (non-hydrogen) atoms. The Labute approximate surface area is 86.7 Å². The molecule has 0 radical (unpaired) electrons. The van der Waals surface area contributed by atoms with E-state index >= 15 is 0 Å². The van der Waals surface area contributed by atoms with Gasteiger partial charge in [0.25, 0.3) is 0 Å². The molecule has 1 N–H and O–H groups in total. The third-order valence-corrected chi connectivity index (χ3v) is 0.686. The van der Waals surface area contributed by atoms with Crippen LogP contribution >= 0.6 is 0 Å². The summed E-state index contributed by atoms with van der Waals surface area (Å²) < 4.78 is 4.35. The summed E-state index contributed by atoms with van der Waals surface area (Å²) in [4.78, 5) is 10.4. The molecule has 0 spiro atoms. The Morgan fingerprint density at radius 1 is 1.82 bits per heavy atom. The van der Waals surface area contributed by atoms with Crippen molar-refractivity contribution in [1.82, 2.24) is 0 Å². The predicted octanol–water partition coefficient (Wildman–Crippen LogP) is -0.134.